The summed E-state index contributed by atoms with van der Waals surface area (Å²) in [7, 11) is 0. The van der Waals surface area contributed by atoms with Gasteiger partial charge >= 0.3 is 0 Å². The molecule has 186 valence electrons. The third-order valence-electron chi connectivity index (χ3n) is 6.21. The van der Waals surface area contributed by atoms with Crippen LogP contribution in [0.2, 0.25) is 0 Å². The van der Waals surface area contributed by atoms with Crippen molar-refractivity contribution in [3.05, 3.63) is 96.6 Å². The molecule has 0 saturated carbocycles. The zero-order chi connectivity index (χ0) is 25.3. The third-order valence-corrected chi connectivity index (χ3v) is 6.21. The number of unbranched alkanes of at least 4 members (excludes halogenated alkanes) is 3. The van der Waals surface area contributed by atoms with Gasteiger partial charge in [0.15, 0.2) is 11.6 Å². The third kappa shape index (κ3) is 6.12. The molecule has 0 aromatic heterocycles. The molecule has 0 aliphatic rings. The average molecular weight is 487 g/mol. The van der Waals surface area contributed by atoms with Crippen LogP contribution in [-0.4, -0.2) is 13.2 Å². The van der Waals surface area contributed by atoms with Gasteiger partial charge in [-0.1, -0.05) is 86.8 Å². The van der Waals surface area contributed by atoms with E-state index in [1.807, 2.05) is 55.5 Å². The Kier molecular flexibility index (Phi) is 8.72. The highest BCUT2D eigenvalue weighted by molar-refractivity contribution is 5.74. The lowest BCUT2D eigenvalue weighted by molar-refractivity contribution is 0.305. The lowest BCUT2D eigenvalue weighted by Crippen LogP contribution is -1.97. The standard InChI is InChI=1S/C32H32F2O2/c1-3-5-6-7-22-36-28-18-14-26(15-19-28)30-21-20-29(31(33)32(30)34)25-10-8-23(9-11-25)24-12-16-27(17-13-24)35-4-2/h8-21H,3-7,22H2,1-2H3. The second kappa shape index (κ2) is 12.3. The van der Waals surface area contributed by atoms with Crippen LogP contribution in [0.25, 0.3) is 33.4 Å². The predicted molar refractivity (Wildman–Crippen MR) is 143 cm³/mol. The van der Waals surface area contributed by atoms with E-state index in [9.17, 15) is 0 Å². The van der Waals surface area contributed by atoms with Crippen molar-refractivity contribution < 1.29 is 18.3 Å². The first-order valence-corrected chi connectivity index (χ1v) is 12.7. The minimum Gasteiger partial charge on any atom is -0.494 e. The molecule has 0 atom stereocenters. The number of halogens is 2. The first-order chi connectivity index (χ1) is 17.6. The van der Waals surface area contributed by atoms with Crippen LogP contribution >= 0.6 is 0 Å². The zero-order valence-electron chi connectivity index (χ0n) is 20.9. The molecule has 0 bridgehead atoms. The molecule has 0 unspecified atom stereocenters. The summed E-state index contributed by atoms with van der Waals surface area (Å²) in [6, 6.07) is 25.7. The van der Waals surface area contributed by atoms with Crippen molar-refractivity contribution in [1.29, 1.82) is 0 Å². The Balaban J connectivity index is 1.47. The quantitative estimate of drug-likeness (QED) is 0.197. The molecule has 0 radical (unpaired) electrons. The summed E-state index contributed by atoms with van der Waals surface area (Å²) in [5.74, 6) is -0.144. The van der Waals surface area contributed by atoms with Gasteiger partial charge in [0, 0.05) is 11.1 Å². The second-order valence-electron chi connectivity index (χ2n) is 8.76. The van der Waals surface area contributed by atoms with E-state index in [2.05, 4.69) is 6.92 Å². The minimum atomic E-state index is -0.851. The van der Waals surface area contributed by atoms with Crippen LogP contribution in [0.5, 0.6) is 11.5 Å². The maximum atomic E-state index is 15.1. The molecule has 0 aliphatic heterocycles. The van der Waals surface area contributed by atoms with E-state index in [1.54, 1.807) is 36.4 Å². The van der Waals surface area contributed by atoms with Crippen LogP contribution in [0, 0.1) is 11.6 Å². The molecule has 0 saturated heterocycles. The smallest absolute Gasteiger partial charge is 0.167 e. The van der Waals surface area contributed by atoms with Crippen molar-refractivity contribution in [2.24, 2.45) is 0 Å². The first-order valence-electron chi connectivity index (χ1n) is 12.7. The number of hydrogen-bond acceptors (Lipinski definition) is 2. The van der Waals surface area contributed by atoms with Gasteiger partial charge in [-0.3, -0.25) is 0 Å². The first kappa shape index (κ1) is 25.4. The summed E-state index contributed by atoms with van der Waals surface area (Å²) in [6.45, 7) is 5.40. The molecule has 0 amide bonds. The average Bonchev–Trinajstić information content (AvgIpc) is 2.91. The summed E-state index contributed by atoms with van der Waals surface area (Å²) >= 11 is 0. The van der Waals surface area contributed by atoms with Crippen LogP contribution < -0.4 is 9.47 Å². The molecule has 36 heavy (non-hydrogen) atoms. The number of benzene rings is 4. The van der Waals surface area contributed by atoms with Gasteiger partial charge in [0.25, 0.3) is 0 Å². The lowest BCUT2D eigenvalue weighted by atomic mass is 9.97. The Bertz CT molecular complexity index is 1250. The van der Waals surface area contributed by atoms with Crippen molar-refractivity contribution in [2.45, 2.75) is 39.5 Å². The molecule has 0 fully saturated rings. The van der Waals surface area contributed by atoms with Crippen molar-refractivity contribution in [1.82, 2.24) is 0 Å². The molecule has 4 aromatic carbocycles. The van der Waals surface area contributed by atoms with E-state index in [-0.39, 0.29) is 11.1 Å². The van der Waals surface area contributed by atoms with Gasteiger partial charge in [-0.15, -0.1) is 0 Å². The summed E-state index contributed by atoms with van der Waals surface area (Å²) in [5.41, 5.74) is 3.73. The normalized spacial score (nSPS) is 10.9. The maximum Gasteiger partial charge on any atom is 0.167 e. The Hall–Kier alpha value is -3.66. The summed E-state index contributed by atoms with van der Waals surface area (Å²) in [6.07, 6.45) is 4.55. The SMILES string of the molecule is CCCCCCOc1ccc(-c2ccc(-c3ccc(-c4ccc(OCC)cc4)cc3)c(F)c2F)cc1. The predicted octanol–water partition coefficient (Wildman–Crippen LogP) is 9.32. The maximum absolute atomic E-state index is 15.1. The van der Waals surface area contributed by atoms with E-state index >= 15 is 8.78 Å². The van der Waals surface area contributed by atoms with Crippen molar-refractivity contribution >= 4 is 0 Å². The molecule has 0 spiro atoms. The van der Waals surface area contributed by atoms with Crippen molar-refractivity contribution in [3.63, 3.8) is 0 Å². The molecular formula is C32H32F2O2. The van der Waals surface area contributed by atoms with Gasteiger partial charge in [-0.2, -0.15) is 0 Å². The van der Waals surface area contributed by atoms with Gasteiger partial charge in [-0.25, -0.2) is 8.78 Å². The van der Waals surface area contributed by atoms with Crippen LogP contribution in [0.3, 0.4) is 0 Å². The molecular weight excluding hydrogens is 454 g/mol. The highest BCUT2D eigenvalue weighted by Gasteiger charge is 2.16. The zero-order valence-corrected chi connectivity index (χ0v) is 20.9. The fourth-order valence-electron chi connectivity index (χ4n) is 4.20. The molecule has 4 heteroatoms. The Morgan fingerprint density at radius 2 is 0.944 bits per heavy atom. The van der Waals surface area contributed by atoms with E-state index in [4.69, 9.17) is 9.47 Å². The van der Waals surface area contributed by atoms with Gasteiger partial charge in [0.1, 0.15) is 11.5 Å². The fraction of sp³-hybridized carbons (Fsp3) is 0.250. The Labute approximate surface area is 212 Å². The van der Waals surface area contributed by atoms with Crippen LogP contribution in [0.1, 0.15) is 39.5 Å². The Morgan fingerprint density at radius 3 is 1.44 bits per heavy atom. The van der Waals surface area contributed by atoms with Crippen molar-refractivity contribution in [2.75, 3.05) is 13.2 Å². The molecule has 0 N–H and O–H groups in total. The molecule has 0 aliphatic carbocycles. The molecule has 4 rings (SSSR count). The minimum absolute atomic E-state index is 0.233. The van der Waals surface area contributed by atoms with Gasteiger partial charge in [-0.05, 0) is 59.9 Å². The van der Waals surface area contributed by atoms with E-state index in [0.29, 0.717) is 24.3 Å². The van der Waals surface area contributed by atoms with Gasteiger partial charge < -0.3 is 9.47 Å². The summed E-state index contributed by atoms with van der Waals surface area (Å²) in [4.78, 5) is 0. The molecule has 2 nitrogen and oxygen atoms in total. The number of rotatable bonds is 11. The number of hydrogen-bond donors (Lipinski definition) is 0. The summed E-state index contributed by atoms with van der Waals surface area (Å²) in [5, 5.41) is 0. The summed E-state index contributed by atoms with van der Waals surface area (Å²) < 4.78 is 41.4. The van der Waals surface area contributed by atoms with Crippen LogP contribution in [0.4, 0.5) is 8.78 Å². The monoisotopic (exact) mass is 486 g/mol. The lowest BCUT2D eigenvalue weighted by Gasteiger charge is -2.11. The largest absolute Gasteiger partial charge is 0.494 e. The van der Waals surface area contributed by atoms with E-state index in [0.717, 1.165) is 35.5 Å². The van der Waals surface area contributed by atoms with Crippen molar-refractivity contribution in [3.8, 4) is 44.9 Å². The van der Waals surface area contributed by atoms with Crippen LogP contribution in [-0.2, 0) is 0 Å². The van der Waals surface area contributed by atoms with E-state index < -0.39 is 11.6 Å². The Morgan fingerprint density at radius 1 is 0.500 bits per heavy atom. The molecule has 0 heterocycles. The van der Waals surface area contributed by atoms with Gasteiger partial charge in [0.2, 0.25) is 0 Å². The topological polar surface area (TPSA) is 18.5 Å². The second-order valence-corrected chi connectivity index (χ2v) is 8.76. The molecule has 4 aromatic rings. The van der Waals surface area contributed by atoms with Gasteiger partial charge in [0.05, 0.1) is 13.2 Å². The van der Waals surface area contributed by atoms with Crippen LogP contribution in [0.15, 0.2) is 84.9 Å². The highest BCUT2D eigenvalue weighted by atomic mass is 19.2. The van der Waals surface area contributed by atoms with E-state index in [1.165, 1.54) is 12.8 Å². The fourth-order valence-corrected chi connectivity index (χ4v) is 4.20. The highest BCUT2D eigenvalue weighted by Crippen LogP contribution is 2.33. The number of ether oxygens (including phenoxy) is 2.